The number of hydrogen-bond donors (Lipinski definition) is 2. The molecular formula is C13H18FN3S. The summed E-state index contributed by atoms with van der Waals surface area (Å²) in [6, 6.07) is 4.61. The topological polar surface area (TPSA) is 64.4 Å². The Morgan fingerprint density at radius 2 is 2.17 bits per heavy atom. The summed E-state index contributed by atoms with van der Waals surface area (Å²) in [6.07, 6.45) is 0.753. The maximum Gasteiger partial charge on any atom is 0.128 e. The summed E-state index contributed by atoms with van der Waals surface area (Å²) in [6.45, 7) is 3.93. The van der Waals surface area contributed by atoms with Crippen molar-refractivity contribution in [2.45, 2.75) is 31.1 Å². The van der Waals surface area contributed by atoms with E-state index in [0.717, 1.165) is 12.2 Å². The first-order valence-corrected chi connectivity index (χ1v) is 6.99. The molecule has 4 N–H and O–H groups in total. The van der Waals surface area contributed by atoms with Crippen LogP contribution in [0.15, 0.2) is 23.2 Å². The lowest BCUT2D eigenvalue weighted by atomic mass is 9.89. The standard InChI is InChI=1S/C13H18FN3S/c1-8-12(16)17-13(2,5-6-18-8)10-7-9(15)3-4-11(10)14/h3-4,7-8H,5-6,15H2,1-2H3,(H2,16,17)/t8-,13?/m0/s1. The predicted octanol–water partition coefficient (Wildman–Crippen LogP) is 2.51. The van der Waals surface area contributed by atoms with Gasteiger partial charge in [-0.15, -0.1) is 0 Å². The molecule has 1 aliphatic rings. The zero-order valence-electron chi connectivity index (χ0n) is 10.6. The van der Waals surface area contributed by atoms with Gasteiger partial charge in [0.2, 0.25) is 0 Å². The molecule has 1 unspecified atom stereocenters. The summed E-state index contributed by atoms with van der Waals surface area (Å²) in [7, 11) is 0. The van der Waals surface area contributed by atoms with Gasteiger partial charge in [-0.2, -0.15) is 11.8 Å². The maximum absolute atomic E-state index is 14.0. The van der Waals surface area contributed by atoms with E-state index in [1.165, 1.54) is 6.07 Å². The van der Waals surface area contributed by atoms with Gasteiger partial charge < -0.3 is 11.5 Å². The van der Waals surface area contributed by atoms with Gasteiger partial charge in [-0.05, 0) is 44.2 Å². The Morgan fingerprint density at radius 3 is 2.89 bits per heavy atom. The van der Waals surface area contributed by atoms with Crippen molar-refractivity contribution in [1.29, 1.82) is 0 Å². The fourth-order valence-corrected chi connectivity index (χ4v) is 3.19. The van der Waals surface area contributed by atoms with Gasteiger partial charge in [-0.3, -0.25) is 4.99 Å². The smallest absolute Gasteiger partial charge is 0.128 e. The van der Waals surface area contributed by atoms with Gasteiger partial charge in [-0.25, -0.2) is 4.39 Å². The monoisotopic (exact) mass is 267 g/mol. The van der Waals surface area contributed by atoms with Crippen LogP contribution in [-0.4, -0.2) is 16.8 Å². The molecule has 0 saturated carbocycles. The fraction of sp³-hybridized carbons (Fsp3) is 0.462. The van der Waals surface area contributed by atoms with E-state index in [-0.39, 0.29) is 11.1 Å². The van der Waals surface area contributed by atoms with Crippen molar-refractivity contribution in [2.75, 3.05) is 11.5 Å². The highest BCUT2D eigenvalue weighted by Gasteiger charge is 2.32. The minimum atomic E-state index is -0.624. The molecule has 1 heterocycles. The highest BCUT2D eigenvalue weighted by molar-refractivity contribution is 8.00. The van der Waals surface area contributed by atoms with Crippen molar-refractivity contribution in [1.82, 2.24) is 0 Å². The van der Waals surface area contributed by atoms with Crippen LogP contribution in [0.5, 0.6) is 0 Å². The van der Waals surface area contributed by atoms with Crippen molar-refractivity contribution >= 4 is 23.3 Å². The molecule has 0 saturated heterocycles. The number of amidine groups is 1. The molecule has 98 valence electrons. The van der Waals surface area contributed by atoms with Gasteiger partial charge in [-0.1, -0.05) is 0 Å². The number of thioether (sulfide) groups is 1. The van der Waals surface area contributed by atoms with E-state index < -0.39 is 5.54 Å². The number of halogens is 1. The number of aliphatic imine (C=N–C) groups is 1. The fourth-order valence-electron chi connectivity index (χ4n) is 2.10. The predicted molar refractivity (Wildman–Crippen MR) is 76.3 cm³/mol. The minimum Gasteiger partial charge on any atom is -0.399 e. The van der Waals surface area contributed by atoms with E-state index in [9.17, 15) is 4.39 Å². The van der Waals surface area contributed by atoms with E-state index in [2.05, 4.69) is 4.99 Å². The molecule has 0 amide bonds. The van der Waals surface area contributed by atoms with Crippen LogP contribution in [0.25, 0.3) is 0 Å². The zero-order valence-corrected chi connectivity index (χ0v) is 11.4. The van der Waals surface area contributed by atoms with Crippen LogP contribution < -0.4 is 11.5 Å². The first-order chi connectivity index (χ1) is 8.42. The average molecular weight is 267 g/mol. The number of rotatable bonds is 1. The van der Waals surface area contributed by atoms with E-state index >= 15 is 0 Å². The summed E-state index contributed by atoms with van der Waals surface area (Å²) in [5, 5.41) is 0.177. The highest BCUT2D eigenvalue weighted by Crippen LogP contribution is 2.36. The second kappa shape index (κ2) is 4.80. The molecule has 1 aromatic carbocycles. The van der Waals surface area contributed by atoms with Crippen LogP contribution in [0.3, 0.4) is 0 Å². The van der Waals surface area contributed by atoms with Crippen molar-refractivity contribution in [3.8, 4) is 0 Å². The Balaban J connectivity index is 2.49. The summed E-state index contributed by atoms with van der Waals surface area (Å²) < 4.78 is 14.0. The number of benzene rings is 1. The third kappa shape index (κ3) is 2.46. The van der Waals surface area contributed by atoms with Crippen LogP contribution in [0.2, 0.25) is 0 Å². The van der Waals surface area contributed by atoms with E-state index in [0.29, 0.717) is 17.1 Å². The first kappa shape index (κ1) is 13.2. The van der Waals surface area contributed by atoms with Crippen molar-refractivity contribution in [2.24, 2.45) is 10.7 Å². The van der Waals surface area contributed by atoms with Crippen molar-refractivity contribution in [3.63, 3.8) is 0 Å². The Bertz CT molecular complexity index is 489. The van der Waals surface area contributed by atoms with Gasteiger partial charge in [0.25, 0.3) is 0 Å². The summed E-state index contributed by atoms with van der Waals surface area (Å²) in [5.74, 6) is 1.19. The Morgan fingerprint density at radius 1 is 1.44 bits per heavy atom. The summed E-state index contributed by atoms with van der Waals surface area (Å²) >= 11 is 1.74. The van der Waals surface area contributed by atoms with E-state index in [4.69, 9.17) is 11.5 Å². The Hall–Kier alpha value is -1.23. The Labute approximate surface area is 111 Å². The van der Waals surface area contributed by atoms with E-state index in [1.54, 1.807) is 23.9 Å². The number of nitrogen functional groups attached to an aromatic ring is 1. The normalized spacial score (nSPS) is 28.6. The third-order valence-corrected chi connectivity index (χ3v) is 4.50. The van der Waals surface area contributed by atoms with Crippen molar-refractivity contribution < 1.29 is 4.39 Å². The second-order valence-electron chi connectivity index (χ2n) is 4.81. The van der Waals surface area contributed by atoms with Gasteiger partial charge in [0, 0.05) is 11.3 Å². The molecule has 18 heavy (non-hydrogen) atoms. The number of nitrogens with two attached hydrogens (primary N) is 2. The molecule has 0 aromatic heterocycles. The molecule has 0 bridgehead atoms. The number of hydrogen-bond acceptors (Lipinski definition) is 4. The van der Waals surface area contributed by atoms with Crippen molar-refractivity contribution in [3.05, 3.63) is 29.6 Å². The van der Waals surface area contributed by atoms with Gasteiger partial charge in [0.1, 0.15) is 11.7 Å². The molecule has 0 spiro atoms. The Kier molecular flexibility index (Phi) is 3.52. The van der Waals surface area contributed by atoms with Gasteiger partial charge in [0.15, 0.2) is 0 Å². The molecule has 0 radical (unpaired) electrons. The molecule has 3 nitrogen and oxygen atoms in total. The number of nitrogens with zero attached hydrogens (tertiary/aromatic N) is 1. The lowest BCUT2D eigenvalue weighted by Crippen LogP contribution is -2.28. The van der Waals surface area contributed by atoms with Gasteiger partial charge in [0.05, 0.1) is 10.8 Å². The molecular weight excluding hydrogens is 249 g/mol. The van der Waals surface area contributed by atoms with Gasteiger partial charge >= 0.3 is 0 Å². The van der Waals surface area contributed by atoms with Crippen LogP contribution in [0.1, 0.15) is 25.8 Å². The minimum absolute atomic E-state index is 0.177. The molecule has 1 aromatic rings. The first-order valence-electron chi connectivity index (χ1n) is 5.95. The van der Waals surface area contributed by atoms with Crippen LogP contribution in [0.4, 0.5) is 10.1 Å². The molecule has 2 rings (SSSR count). The molecule has 0 aliphatic carbocycles. The molecule has 0 fully saturated rings. The average Bonchev–Trinajstić information content (AvgIpc) is 2.43. The number of anilines is 1. The van der Waals surface area contributed by atoms with Crippen LogP contribution in [-0.2, 0) is 5.54 Å². The van der Waals surface area contributed by atoms with Crippen LogP contribution >= 0.6 is 11.8 Å². The lowest BCUT2D eigenvalue weighted by molar-refractivity contribution is 0.453. The second-order valence-corrected chi connectivity index (χ2v) is 6.26. The largest absolute Gasteiger partial charge is 0.399 e. The van der Waals surface area contributed by atoms with Crippen LogP contribution in [0, 0.1) is 5.82 Å². The maximum atomic E-state index is 14.0. The zero-order chi connectivity index (χ0) is 13.3. The lowest BCUT2D eigenvalue weighted by Gasteiger charge is -2.25. The summed E-state index contributed by atoms with van der Waals surface area (Å²) in [4.78, 5) is 4.54. The quantitative estimate of drug-likeness (QED) is 0.768. The highest BCUT2D eigenvalue weighted by atomic mass is 32.2. The van der Waals surface area contributed by atoms with E-state index in [1.807, 2.05) is 13.8 Å². The summed E-state index contributed by atoms with van der Waals surface area (Å²) in [5.41, 5.74) is 12.1. The molecule has 1 aliphatic heterocycles. The molecule has 5 heteroatoms. The SMILES string of the molecule is C[C@@H]1SCCC(C)(c2cc(N)ccc2F)N=C1N. The molecule has 2 atom stereocenters. The third-order valence-electron chi connectivity index (χ3n) is 3.32.